The van der Waals surface area contributed by atoms with Gasteiger partial charge < -0.3 is 14.2 Å². The molecule has 7 heteroatoms. The summed E-state index contributed by atoms with van der Waals surface area (Å²) >= 11 is 0. The lowest BCUT2D eigenvalue weighted by molar-refractivity contribution is -0.536. The smallest absolute Gasteiger partial charge is 0.387 e. The maximum absolute atomic E-state index is 11.1. The van der Waals surface area contributed by atoms with Crippen molar-refractivity contribution in [1.82, 2.24) is 0 Å². The fourth-order valence-corrected chi connectivity index (χ4v) is 0.976. The van der Waals surface area contributed by atoms with Gasteiger partial charge in [-0.2, -0.15) is 0 Å². The average Bonchev–Trinajstić information content (AvgIpc) is 2.18. The lowest BCUT2D eigenvalue weighted by atomic mass is 10.3. The fraction of sp³-hybridized carbons (Fsp3) is 0.875. The molecule has 0 rings (SSSR count). The number of carbonyl (C=O) groups is 1. The number of nitro groups is 1. The van der Waals surface area contributed by atoms with E-state index in [2.05, 4.69) is 4.74 Å². The highest BCUT2D eigenvalue weighted by molar-refractivity contribution is 5.74. The Morgan fingerprint density at radius 3 is 2.07 bits per heavy atom. The molecule has 0 N–H and O–H groups in total. The van der Waals surface area contributed by atoms with Crippen molar-refractivity contribution in [3.63, 3.8) is 0 Å². The van der Waals surface area contributed by atoms with Crippen LogP contribution in [0.2, 0.25) is 0 Å². The first-order valence-corrected chi connectivity index (χ1v) is 4.52. The molecule has 0 aliphatic rings. The Balaban J connectivity index is 4.66. The molecule has 0 aliphatic carbocycles. The topological polar surface area (TPSA) is 87.9 Å². The molecule has 0 saturated heterocycles. The summed E-state index contributed by atoms with van der Waals surface area (Å²) in [6.07, 6.45) is -1.21. The van der Waals surface area contributed by atoms with Crippen LogP contribution in [-0.4, -0.2) is 43.5 Å². The van der Waals surface area contributed by atoms with Gasteiger partial charge in [-0.15, -0.1) is 0 Å². The standard InChI is InChI=1S/C8H15NO6/c1-4-14-8(15-5-2)6(9(11)12)7(10)13-3/h6,8H,4-5H2,1-3H3. The van der Waals surface area contributed by atoms with Gasteiger partial charge in [0.25, 0.3) is 0 Å². The lowest BCUT2D eigenvalue weighted by Gasteiger charge is -2.18. The van der Waals surface area contributed by atoms with Crippen molar-refractivity contribution in [2.24, 2.45) is 0 Å². The van der Waals surface area contributed by atoms with Crippen LogP contribution < -0.4 is 0 Å². The third-order valence-corrected chi connectivity index (χ3v) is 1.59. The van der Waals surface area contributed by atoms with Crippen LogP contribution in [0.1, 0.15) is 13.8 Å². The van der Waals surface area contributed by atoms with Crippen LogP contribution in [0.25, 0.3) is 0 Å². The summed E-state index contributed by atoms with van der Waals surface area (Å²) in [5.74, 6) is -0.980. The largest absolute Gasteiger partial charge is 0.464 e. The third kappa shape index (κ3) is 4.22. The SMILES string of the molecule is CCOC(OCC)C(C(=O)OC)[N+](=O)[O-]. The van der Waals surface area contributed by atoms with Crippen LogP contribution in [0.3, 0.4) is 0 Å². The zero-order valence-corrected chi connectivity index (χ0v) is 8.97. The van der Waals surface area contributed by atoms with Crippen molar-refractivity contribution < 1.29 is 23.9 Å². The molecule has 0 spiro atoms. The van der Waals surface area contributed by atoms with Crippen LogP contribution in [0.15, 0.2) is 0 Å². The minimum absolute atomic E-state index is 0.214. The van der Waals surface area contributed by atoms with Crippen LogP contribution in [0, 0.1) is 10.1 Å². The average molecular weight is 221 g/mol. The van der Waals surface area contributed by atoms with Gasteiger partial charge in [0, 0.05) is 18.1 Å². The molecule has 0 heterocycles. The van der Waals surface area contributed by atoms with E-state index in [0.29, 0.717) is 0 Å². The van der Waals surface area contributed by atoms with Gasteiger partial charge >= 0.3 is 12.0 Å². The highest BCUT2D eigenvalue weighted by atomic mass is 16.7. The Morgan fingerprint density at radius 1 is 1.33 bits per heavy atom. The normalized spacial score (nSPS) is 12.5. The highest BCUT2D eigenvalue weighted by Gasteiger charge is 2.41. The molecule has 1 unspecified atom stereocenters. The molecule has 0 aromatic rings. The monoisotopic (exact) mass is 221 g/mol. The Morgan fingerprint density at radius 2 is 1.80 bits per heavy atom. The number of rotatable bonds is 7. The molecule has 0 bridgehead atoms. The van der Waals surface area contributed by atoms with Gasteiger partial charge in [0.2, 0.25) is 6.29 Å². The second-order valence-corrected chi connectivity index (χ2v) is 2.53. The number of hydrogen-bond acceptors (Lipinski definition) is 6. The summed E-state index contributed by atoms with van der Waals surface area (Å²) in [4.78, 5) is 21.0. The van der Waals surface area contributed by atoms with Crippen molar-refractivity contribution in [2.75, 3.05) is 20.3 Å². The summed E-state index contributed by atoms with van der Waals surface area (Å²) in [6, 6.07) is -1.64. The van der Waals surface area contributed by atoms with Crippen LogP contribution in [-0.2, 0) is 19.0 Å². The first kappa shape index (κ1) is 13.8. The Kier molecular flexibility index (Phi) is 6.56. The molecule has 0 aromatic heterocycles. The predicted molar refractivity (Wildman–Crippen MR) is 49.8 cm³/mol. The van der Waals surface area contributed by atoms with Crippen LogP contribution >= 0.6 is 0 Å². The van der Waals surface area contributed by atoms with E-state index in [9.17, 15) is 14.9 Å². The fourth-order valence-electron chi connectivity index (χ4n) is 0.976. The molecule has 1 atom stereocenters. The predicted octanol–water partition coefficient (Wildman–Crippen LogP) is 0.204. The number of hydrogen-bond donors (Lipinski definition) is 0. The van der Waals surface area contributed by atoms with E-state index in [1.807, 2.05) is 0 Å². The summed E-state index contributed by atoms with van der Waals surface area (Å²) in [6.45, 7) is 3.73. The first-order chi connectivity index (χ1) is 7.08. The minimum atomic E-state index is -1.64. The maximum atomic E-state index is 11.1. The molecule has 88 valence electrons. The molecular weight excluding hydrogens is 206 g/mol. The van der Waals surface area contributed by atoms with Crippen molar-refractivity contribution in [1.29, 1.82) is 0 Å². The summed E-state index contributed by atoms with van der Waals surface area (Å²) < 4.78 is 14.2. The number of ether oxygens (including phenoxy) is 3. The maximum Gasteiger partial charge on any atom is 0.387 e. The van der Waals surface area contributed by atoms with E-state index in [0.717, 1.165) is 7.11 Å². The molecule has 0 radical (unpaired) electrons. The molecule has 0 aromatic carbocycles. The van der Waals surface area contributed by atoms with E-state index >= 15 is 0 Å². The molecule has 0 amide bonds. The third-order valence-electron chi connectivity index (χ3n) is 1.59. The van der Waals surface area contributed by atoms with E-state index in [1.54, 1.807) is 13.8 Å². The summed E-state index contributed by atoms with van der Waals surface area (Å²) in [7, 11) is 1.08. The van der Waals surface area contributed by atoms with E-state index in [4.69, 9.17) is 9.47 Å². The molecule has 15 heavy (non-hydrogen) atoms. The molecule has 0 aliphatic heterocycles. The van der Waals surface area contributed by atoms with Crippen molar-refractivity contribution in [2.45, 2.75) is 26.2 Å². The van der Waals surface area contributed by atoms with Crippen LogP contribution in [0.4, 0.5) is 0 Å². The van der Waals surface area contributed by atoms with Gasteiger partial charge in [-0.1, -0.05) is 0 Å². The van der Waals surface area contributed by atoms with Crippen molar-refractivity contribution in [3.8, 4) is 0 Å². The molecule has 0 fully saturated rings. The summed E-state index contributed by atoms with van der Waals surface area (Å²) in [5.41, 5.74) is 0. The van der Waals surface area contributed by atoms with E-state index in [1.165, 1.54) is 0 Å². The second-order valence-electron chi connectivity index (χ2n) is 2.53. The van der Waals surface area contributed by atoms with Crippen LogP contribution in [0.5, 0.6) is 0 Å². The van der Waals surface area contributed by atoms with E-state index in [-0.39, 0.29) is 13.2 Å². The number of carbonyl (C=O) groups excluding carboxylic acids is 1. The van der Waals surface area contributed by atoms with Crippen molar-refractivity contribution in [3.05, 3.63) is 10.1 Å². The zero-order chi connectivity index (χ0) is 11.8. The Hall–Kier alpha value is -1.21. The molecule has 0 saturated carbocycles. The Labute approximate surface area is 87.4 Å². The van der Waals surface area contributed by atoms with Gasteiger partial charge in [0.1, 0.15) is 0 Å². The van der Waals surface area contributed by atoms with Gasteiger partial charge in [-0.25, -0.2) is 4.79 Å². The molecule has 7 nitrogen and oxygen atoms in total. The molecular formula is C8H15NO6. The van der Waals surface area contributed by atoms with Gasteiger partial charge in [-0.3, -0.25) is 10.1 Å². The minimum Gasteiger partial charge on any atom is -0.464 e. The highest BCUT2D eigenvalue weighted by Crippen LogP contribution is 2.07. The number of nitrogens with zero attached hydrogens (tertiary/aromatic N) is 1. The van der Waals surface area contributed by atoms with Gasteiger partial charge in [0.05, 0.1) is 7.11 Å². The van der Waals surface area contributed by atoms with E-state index < -0.39 is 23.2 Å². The quantitative estimate of drug-likeness (QED) is 0.264. The number of methoxy groups -OCH3 is 1. The Bertz CT molecular complexity index is 213. The lowest BCUT2D eigenvalue weighted by Crippen LogP contribution is -2.44. The zero-order valence-electron chi connectivity index (χ0n) is 8.97. The van der Waals surface area contributed by atoms with Gasteiger partial charge in [-0.05, 0) is 13.8 Å². The van der Waals surface area contributed by atoms with Crippen molar-refractivity contribution >= 4 is 5.97 Å². The second kappa shape index (κ2) is 7.13. The first-order valence-electron chi connectivity index (χ1n) is 4.52. The number of esters is 1. The summed E-state index contributed by atoms with van der Waals surface area (Å²) in [5, 5.41) is 10.6. The van der Waals surface area contributed by atoms with Gasteiger partial charge in [0.15, 0.2) is 0 Å².